The van der Waals surface area contributed by atoms with Crippen molar-refractivity contribution in [3.8, 4) is 5.75 Å². The fraction of sp³-hybridized carbons (Fsp3) is 0.350. The highest BCUT2D eigenvalue weighted by atomic mass is 32.2. The highest BCUT2D eigenvalue weighted by Crippen LogP contribution is 2.17. The lowest BCUT2D eigenvalue weighted by Gasteiger charge is -2.11. The maximum atomic E-state index is 12.1. The molecule has 0 spiro atoms. The third-order valence-corrected chi connectivity index (χ3v) is 5.48. The van der Waals surface area contributed by atoms with Crippen molar-refractivity contribution in [2.75, 3.05) is 18.5 Å². The van der Waals surface area contributed by atoms with E-state index in [0.29, 0.717) is 12.3 Å². The van der Waals surface area contributed by atoms with Crippen LogP contribution in [0.3, 0.4) is 0 Å². The third-order valence-electron chi connectivity index (χ3n) is 4.00. The van der Waals surface area contributed by atoms with Gasteiger partial charge in [0.2, 0.25) is 10.0 Å². The molecule has 0 bridgehead atoms. The van der Waals surface area contributed by atoms with Crippen molar-refractivity contribution >= 4 is 21.6 Å². The minimum absolute atomic E-state index is 0.154. The first-order chi connectivity index (χ1) is 13.0. The molecule has 0 saturated carbocycles. The Balaban J connectivity index is 1.90. The maximum Gasteiger partial charge on any atom is 0.262 e. The van der Waals surface area contributed by atoms with E-state index in [4.69, 9.17) is 4.74 Å². The Labute approximate surface area is 161 Å². The average molecular weight is 391 g/mol. The van der Waals surface area contributed by atoms with Gasteiger partial charge in [-0.25, -0.2) is 13.1 Å². The van der Waals surface area contributed by atoms with E-state index in [1.807, 2.05) is 38.1 Å². The van der Waals surface area contributed by atoms with Crippen LogP contribution in [0, 0.1) is 0 Å². The Bertz CT molecular complexity index is 849. The van der Waals surface area contributed by atoms with E-state index >= 15 is 0 Å². The molecule has 6 nitrogen and oxygen atoms in total. The largest absolute Gasteiger partial charge is 0.484 e. The van der Waals surface area contributed by atoms with E-state index in [2.05, 4.69) is 10.0 Å². The van der Waals surface area contributed by atoms with Crippen molar-refractivity contribution < 1.29 is 17.9 Å². The molecule has 1 amide bonds. The quantitative estimate of drug-likeness (QED) is 0.610. The number of nitrogens with one attached hydrogen (secondary N) is 2. The fourth-order valence-electron chi connectivity index (χ4n) is 2.47. The van der Waals surface area contributed by atoms with Crippen molar-refractivity contribution in [1.82, 2.24) is 4.72 Å². The third kappa shape index (κ3) is 6.37. The maximum absolute atomic E-state index is 12.1. The number of rotatable bonds is 10. The molecule has 0 aliphatic heterocycles. The predicted molar refractivity (Wildman–Crippen MR) is 106 cm³/mol. The summed E-state index contributed by atoms with van der Waals surface area (Å²) in [6.07, 6.45) is 2.52. The molecule has 0 heterocycles. The highest BCUT2D eigenvalue weighted by Gasteiger charge is 2.13. The number of hydrogen-bond acceptors (Lipinski definition) is 4. The lowest BCUT2D eigenvalue weighted by Crippen LogP contribution is -2.24. The van der Waals surface area contributed by atoms with Gasteiger partial charge in [0, 0.05) is 12.2 Å². The number of sulfonamides is 1. The summed E-state index contributed by atoms with van der Waals surface area (Å²) in [5.74, 6) is 0.162. The molecule has 0 unspecified atom stereocenters. The predicted octanol–water partition coefficient (Wildman–Crippen LogP) is 3.34. The molecule has 2 rings (SSSR count). The van der Waals surface area contributed by atoms with Gasteiger partial charge < -0.3 is 10.1 Å². The van der Waals surface area contributed by atoms with Crippen LogP contribution in [0.2, 0.25) is 0 Å². The van der Waals surface area contributed by atoms with Crippen molar-refractivity contribution in [2.45, 2.75) is 38.0 Å². The van der Waals surface area contributed by atoms with Gasteiger partial charge in [0.25, 0.3) is 5.91 Å². The average Bonchev–Trinajstić information content (AvgIpc) is 2.67. The number of carbonyl (C=O) groups is 1. The van der Waals surface area contributed by atoms with Crippen LogP contribution in [-0.2, 0) is 21.2 Å². The molecular weight excluding hydrogens is 364 g/mol. The molecule has 0 radical (unpaired) electrons. The van der Waals surface area contributed by atoms with Gasteiger partial charge in [-0.15, -0.1) is 0 Å². The van der Waals surface area contributed by atoms with Gasteiger partial charge in [-0.05, 0) is 48.7 Å². The smallest absolute Gasteiger partial charge is 0.262 e. The summed E-state index contributed by atoms with van der Waals surface area (Å²) >= 11 is 0. The summed E-state index contributed by atoms with van der Waals surface area (Å²) in [7, 11) is -3.51. The Kier molecular flexibility index (Phi) is 7.82. The molecule has 0 fully saturated rings. The van der Waals surface area contributed by atoms with Crippen LogP contribution >= 0.6 is 0 Å². The van der Waals surface area contributed by atoms with Crippen LogP contribution in [0.5, 0.6) is 5.75 Å². The van der Waals surface area contributed by atoms with E-state index in [1.54, 1.807) is 12.1 Å². The van der Waals surface area contributed by atoms with Gasteiger partial charge in [0.1, 0.15) is 5.75 Å². The number of aryl methyl sites for hydroxylation is 1. The van der Waals surface area contributed by atoms with Gasteiger partial charge in [0.05, 0.1) is 4.90 Å². The second-order valence-electron chi connectivity index (χ2n) is 6.07. The number of unbranched alkanes of at least 4 members (excludes halogenated alkanes) is 1. The van der Waals surface area contributed by atoms with Gasteiger partial charge in [0.15, 0.2) is 6.61 Å². The molecule has 146 valence electrons. The number of hydrogen-bond donors (Lipinski definition) is 2. The van der Waals surface area contributed by atoms with Crippen molar-refractivity contribution in [3.05, 3.63) is 54.1 Å². The van der Waals surface area contributed by atoms with Gasteiger partial charge in [-0.2, -0.15) is 0 Å². The first kappa shape index (κ1) is 20.9. The minimum atomic E-state index is -3.51. The zero-order valence-electron chi connectivity index (χ0n) is 15.7. The van der Waals surface area contributed by atoms with Gasteiger partial charge >= 0.3 is 0 Å². The molecule has 2 N–H and O–H groups in total. The fourth-order valence-corrected chi connectivity index (χ4v) is 3.54. The van der Waals surface area contributed by atoms with Gasteiger partial charge in [-0.3, -0.25) is 4.79 Å². The lowest BCUT2D eigenvalue weighted by molar-refractivity contribution is -0.118. The molecule has 2 aromatic rings. The van der Waals surface area contributed by atoms with E-state index in [0.717, 1.165) is 30.5 Å². The first-order valence-electron chi connectivity index (χ1n) is 9.06. The van der Waals surface area contributed by atoms with Crippen LogP contribution in [-0.4, -0.2) is 27.5 Å². The molecule has 27 heavy (non-hydrogen) atoms. The van der Waals surface area contributed by atoms with Crippen LogP contribution in [0.1, 0.15) is 32.3 Å². The zero-order valence-corrected chi connectivity index (χ0v) is 16.5. The number of carbonyl (C=O) groups excluding carboxylic acids is 1. The Morgan fingerprint density at radius 2 is 1.74 bits per heavy atom. The summed E-state index contributed by atoms with van der Waals surface area (Å²) < 4.78 is 32.3. The molecule has 2 aromatic carbocycles. The first-order valence-corrected chi connectivity index (χ1v) is 10.5. The van der Waals surface area contributed by atoms with Crippen molar-refractivity contribution in [1.29, 1.82) is 0 Å². The highest BCUT2D eigenvalue weighted by molar-refractivity contribution is 7.89. The summed E-state index contributed by atoms with van der Waals surface area (Å²) in [4.78, 5) is 12.3. The Morgan fingerprint density at radius 1 is 1.04 bits per heavy atom. The standard InChI is InChI=1S/C20H26N2O4S/c1-3-5-14-21-27(24,25)18-12-10-17(11-13-18)26-15-20(23)22-19-9-7-6-8-16(19)4-2/h6-13,21H,3-5,14-15H2,1-2H3,(H,22,23). The second kappa shape index (κ2) is 10.1. The van der Waals surface area contributed by atoms with Crippen LogP contribution < -0.4 is 14.8 Å². The molecule has 7 heteroatoms. The number of anilines is 1. The summed E-state index contributed by atoms with van der Waals surface area (Å²) in [5.41, 5.74) is 1.82. The van der Waals surface area contributed by atoms with Crippen LogP contribution in [0.25, 0.3) is 0 Å². The monoisotopic (exact) mass is 390 g/mol. The van der Waals surface area contributed by atoms with E-state index in [-0.39, 0.29) is 17.4 Å². The lowest BCUT2D eigenvalue weighted by atomic mass is 10.1. The normalized spacial score (nSPS) is 11.2. The van der Waals surface area contributed by atoms with Crippen LogP contribution in [0.15, 0.2) is 53.4 Å². The SMILES string of the molecule is CCCCNS(=O)(=O)c1ccc(OCC(=O)Nc2ccccc2CC)cc1. The molecule has 0 atom stereocenters. The van der Waals surface area contributed by atoms with Gasteiger partial charge in [-0.1, -0.05) is 38.5 Å². The van der Waals surface area contributed by atoms with Crippen LogP contribution in [0.4, 0.5) is 5.69 Å². The number of amides is 1. The topological polar surface area (TPSA) is 84.5 Å². The van der Waals surface area contributed by atoms with E-state index in [9.17, 15) is 13.2 Å². The number of benzene rings is 2. The molecule has 0 saturated heterocycles. The van der Waals surface area contributed by atoms with Crippen molar-refractivity contribution in [3.63, 3.8) is 0 Å². The Hall–Kier alpha value is -2.38. The summed E-state index contributed by atoms with van der Waals surface area (Å²) in [5, 5.41) is 2.83. The summed E-state index contributed by atoms with van der Waals surface area (Å²) in [6, 6.07) is 13.6. The molecule has 0 aliphatic carbocycles. The summed E-state index contributed by atoms with van der Waals surface area (Å²) in [6.45, 7) is 4.28. The number of para-hydroxylation sites is 1. The minimum Gasteiger partial charge on any atom is -0.484 e. The number of ether oxygens (including phenoxy) is 1. The Morgan fingerprint density at radius 3 is 2.41 bits per heavy atom. The van der Waals surface area contributed by atoms with Crippen molar-refractivity contribution in [2.24, 2.45) is 0 Å². The van der Waals surface area contributed by atoms with E-state index in [1.165, 1.54) is 12.1 Å². The molecule has 0 aliphatic rings. The molecule has 0 aromatic heterocycles. The van der Waals surface area contributed by atoms with E-state index < -0.39 is 10.0 Å². The zero-order chi connectivity index (χ0) is 19.7. The second-order valence-corrected chi connectivity index (χ2v) is 7.84. The molecular formula is C20H26N2O4S.